The van der Waals surface area contributed by atoms with E-state index < -0.39 is 10.0 Å². The summed E-state index contributed by atoms with van der Waals surface area (Å²) in [6.45, 7) is 0. The summed E-state index contributed by atoms with van der Waals surface area (Å²) in [4.78, 5) is 0.103. The minimum atomic E-state index is -3.68. The molecule has 0 heterocycles. The van der Waals surface area contributed by atoms with Gasteiger partial charge < -0.3 is 5.73 Å². The quantitative estimate of drug-likeness (QED) is 0.725. The van der Waals surface area contributed by atoms with Crippen LogP contribution in [0.5, 0.6) is 0 Å². The average Bonchev–Trinajstić information content (AvgIpc) is 2.55. The molecular weight excluding hydrogens is 308 g/mol. The molecule has 5 heteroatoms. The average molecular weight is 324 g/mol. The maximum atomic E-state index is 11.4. The van der Waals surface area contributed by atoms with Crippen molar-refractivity contribution in [1.82, 2.24) is 0 Å². The summed E-state index contributed by atoms with van der Waals surface area (Å²) < 4.78 is 22.7. The van der Waals surface area contributed by atoms with E-state index >= 15 is 0 Å². The van der Waals surface area contributed by atoms with Crippen molar-refractivity contribution in [3.63, 3.8) is 0 Å². The number of anilines is 1. The van der Waals surface area contributed by atoms with E-state index in [9.17, 15) is 8.42 Å². The maximum absolute atomic E-state index is 11.4. The predicted molar refractivity (Wildman–Crippen MR) is 93.1 cm³/mol. The van der Waals surface area contributed by atoms with Gasteiger partial charge in [-0.3, -0.25) is 0 Å². The molecule has 0 atom stereocenters. The highest BCUT2D eigenvalue weighted by Gasteiger charge is 2.10. The van der Waals surface area contributed by atoms with Crippen LogP contribution in [0.1, 0.15) is 0 Å². The third-order valence-corrected chi connectivity index (χ3v) is 4.57. The van der Waals surface area contributed by atoms with E-state index in [1.807, 2.05) is 48.5 Å². The molecule has 3 rings (SSSR count). The maximum Gasteiger partial charge on any atom is 0.238 e. The van der Waals surface area contributed by atoms with Crippen LogP contribution in [-0.4, -0.2) is 8.42 Å². The van der Waals surface area contributed by atoms with Crippen molar-refractivity contribution in [2.75, 3.05) is 5.73 Å². The molecular formula is C18H16N2O2S. The van der Waals surface area contributed by atoms with Crippen molar-refractivity contribution < 1.29 is 8.42 Å². The lowest BCUT2D eigenvalue weighted by Crippen LogP contribution is -2.11. The number of primary sulfonamides is 1. The lowest BCUT2D eigenvalue weighted by atomic mass is 9.94. The molecule has 3 aromatic rings. The van der Waals surface area contributed by atoms with Crippen molar-refractivity contribution in [2.45, 2.75) is 4.90 Å². The van der Waals surface area contributed by atoms with E-state index in [0.29, 0.717) is 5.69 Å². The summed E-state index contributed by atoms with van der Waals surface area (Å²) in [6.07, 6.45) is 0. The van der Waals surface area contributed by atoms with Crippen LogP contribution >= 0.6 is 0 Å². The fraction of sp³-hybridized carbons (Fsp3) is 0. The predicted octanol–water partition coefficient (Wildman–Crippen LogP) is 3.25. The first-order valence-electron chi connectivity index (χ1n) is 7.03. The second kappa shape index (κ2) is 5.87. The Kier molecular flexibility index (Phi) is 3.90. The topological polar surface area (TPSA) is 86.2 Å². The minimum Gasteiger partial charge on any atom is -0.399 e. The van der Waals surface area contributed by atoms with Crippen molar-refractivity contribution in [2.24, 2.45) is 5.14 Å². The number of rotatable bonds is 3. The Balaban J connectivity index is 2.09. The van der Waals surface area contributed by atoms with E-state index in [1.165, 1.54) is 12.1 Å². The molecule has 0 bridgehead atoms. The van der Waals surface area contributed by atoms with Gasteiger partial charge in [0.25, 0.3) is 0 Å². The van der Waals surface area contributed by atoms with Crippen LogP contribution in [0.25, 0.3) is 22.3 Å². The van der Waals surface area contributed by atoms with Gasteiger partial charge in [0, 0.05) is 5.69 Å². The molecule has 0 aliphatic carbocycles. The van der Waals surface area contributed by atoms with Crippen LogP contribution in [0.15, 0.2) is 77.7 Å². The SMILES string of the molecule is Nc1ccc(-c2ccccc2-c2ccc(S(N)(=O)=O)cc2)cc1. The summed E-state index contributed by atoms with van der Waals surface area (Å²) in [5.41, 5.74) is 10.5. The molecule has 0 fully saturated rings. The summed E-state index contributed by atoms with van der Waals surface area (Å²) in [7, 11) is -3.68. The summed E-state index contributed by atoms with van der Waals surface area (Å²) in [6, 6.07) is 22.1. The Morgan fingerprint density at radius 1 is 0.652 bits per heavy atom. The first-order chi connectivity index (χ1) is 10.9. The molecule has 0 radical (unpaired) electrons. The fourth-order valence-electron chi connectivity index (χ4n) is 2.47. The van der Waals surface area contributed by atoms with Gasteiger partial charge in [0.2, 0.25) is 10.0 Å². The summed E-state index contributed by atoms with van der Waals surface area (Å²) >= 11 is 0. The highest BCUT2D eigenvalue weighted by atomic mass is 32.2. The zero-order valence-corrected chi connectivity index (χ0v) is 13.1. The molecule has 3 aromatic carbocycles. The zero-order valence-electron chi connectivity index (χ0n) is 12.3. The number of sulfonamides is 1. The summed E-state index contributed by atoms with van der Waals surface area (Å²) in [5, 5.41) is 5.14. The van der Waals surface area contributed by atoms with Crippen LogP contribution in [0.4, 0.5) is 5.69 Å². The highest BCUT2D eigenvalue weighted by molar-refractivity contribution is 7.89. The zero-order chi connectivity index (χ0) is 16.4. The molecule has 4 N–H and O–H groups in total. The van der Waals surface area contributed by atoms with E-state index in [4.69, 9.17) is 10.9 Å². The Bertz CT molecular complexity index is 932. The molecule has 0 aliphatic rings. The third-order valence-electron chi connectivity index (χ3n) is 3.64. The van der Waals surface area contributed by atoms with Gasteiger partial charge in [-0.25, -0.2) is 13.6 Å². The monoisotopic (exact) mass is 324 g/mol. The molecule has 0 aromatic heterocycles. The standard InChI is InChI=1S/C18H16N2O2S/c19-15-9-5-13(6-10-15)17-3-1-2-4-18(17)14-7-11-16(12-8-14)23(20,21)22/h1-12H,19H2,(H2,20,21,22). The van der Waals surface area contributed by atoms with E-state index in [-0.39, 0.29) is 4.90 Å². The number of benzene rings is 3. The Labute approximate surface area is 135 Å². The fourth-order valence-corrected chi connectivity index (χ4v) is 2.99. The van der Waals surface area contributed by atoms with Crippen LogP contribution in [0.2, 0.25) is 0 Å². The number of hydrogen-bond acceptors (Lipinski definition) is 3. The van der Waals surface area contributed by atoms with Gasteiger partial charge in [-0.1, -0.05) is 48.5 Å². The number of nitrogen functional groups attached to an aromatic ring is 1. The molecule has 0 amide bonds. The molecule has 0 spiro atoms. The van der Waals surface area contributed by atoms with Gasteiger partial charge in [-0.05, 0) is 46.5 Å². The number of nitrogens with two attached hydrogens (primary N) is 2. The van der Waals surface area contributed by atoms with Crippen LogP contribution < -0.4 is 10.9 Å². The molecule has 0 unspecified atom stereocenters. The smallest absolute Gasteiger partial charge is 0.238 e. The van der Waals surface area contributed by atoms with E-state index in [0.717, 1.165) is 22.3 Å². The van der Waals surface area contributed by atoms with Gasteiger partial charge in [0.1, 0.15) is 0 Å². The molecule has 116 valence electrons. The van der Waals surface area contributed by atoms with Crippen molar-refractivity contribution >= 4 is 15.7 Å². The largest absolute Gasteiger partial charge is 0.399 e. The minimum absolute atomic E-state index is 0.103. The molecule has 23 heavy (non-hydrogen) atoms. The Morgan fingerprint density at radius 2 is 1.09 bits per heavy atom. The first kappa shape index (κ1) is 15.3. The van der Waals surface area contributed by atoms with Crippen LogP contribution in [0, 0.1) is 0 Å². The molecule has 4 nitrogen and oxygen atoms in total. The van der Waals surface area contributed by atoms with Gasteiger partial charge >= 0.3 is 0 Å². The normalized spacial score (nSPS) is 11.3. The lowest BCUT2D eigenvalue weighted by Gasteiger charge is -2.11. The van der Waals surface area contributed by atoms with Crippen molar-refractivity contribution in [1.29, 1.82) is 0 Å². The number of hydrogen-bond donors (Lipinski definition) is 2. The molecule has 0 saturated carbocycles. The van der Waals surface area contributed by atoms with Crippen LogP contribution in [0.3, 0.4) is 0 Å². The van der Waals surface area contributed by atoms with Crippen LogP contribution in [-0.2, 0) is 10.0 Å². The molecule has 0 aliphatic heterocycles. The van der Waals surface area contributed by atoms with E-state index in [1.54, 1.807) is 12.1 Å². The van der Waals surface area contributed by atoms with Gasteiger partial charge in [0.05, 0.1) is 4.90 Å². The summed E-state index contributed by atoms with van der Waals surface area (Å²) in [5.74, 6) is 0. The Morgan fingerprint density at radius 3 is 1.52 bits per heavy atom. The van der Waals surface area contributed by atoms with Gasteiger partial charge in [-0.2, -0.15) is 0 Å². The highest BCUT2D eigenvalue weighted by Crippen LogP contribution is 2.32. The lowest BCUT2D eigenvalue weighted by molar-refractivity contribution is 0.598. The Hall–Kier alpha value is -2.63. The molecule has 0 saturated heterocycles. The van der Waals surface area contributed by atoms with E-state index in [2.05, 4.69) is 0 Å². The third kappa shape index (κ3) is 3.26. The second-order valence-electron chi connectivity index (χ2n) is 5.24. The van der Waals surface area contributed by atoms with Crippen molar-refractivity contribution in [3.8, 4) is 22.3 Å². The van der Waals surface area contributed by atoms with Gasteiger partial charge in [-0.15, -0.1) is 0 Å². The van der Waals surface area contributed by atoms with Gasteiger partial charge in [0.15, 0.2) is 0 Å². The first-order valence-corrected chi connectivity index (χ1v) is 8.58. The second-order valence-corrected chi connectivity index (χ2v) is 6.80. The van der Waals surface area contributed by atoms with Crippen molar-refractivity contribution in [3.05, 3.63) is 72.8 Å².